The summed E-state index contributed by atoms with van der Waals surface area (Å²) >= 11 is 6.49. The zero-order valence-electron chi connectivity index (χ0n) is 17.8. The first-order chi connectivity index (χ1) is 15.1. The minimum absolute atomic E-state index is 0.174. The molecule has 0 unspecified atom stereocenters. The first kappa shape index (κ1) is 21.6. The Morgan fingerprint density at radius 2 is 1.58 bits per heavy atom. The molecule has 3 aromatic rings. The second-order valence-corrected chi connectivity index (χ2v) is 8.22. The zero-order chi connectivity index (χ0) is 21.6. The van der Waals surface area contributed by atoms with Crippen molar-refractivity contribution in [2.75, 3.05) is 39.3 Å². The van der Waals surface area contributed by atoms with E-state index in [1.54, 1.807) is 4.68 Å². The number of rotatable bonds is 7. The fourth-order valence-corrected chi connectivity index (χ4v) is 4.28. The predicted molar refractivity (Wildman–Crippen MR) is 124 cm³/mol. The molecule has 1 amide bonds. The van der Waals surface area contributed by atoms with Crippen molar-refractivity contribution in [2.24, 2.45) is 0 Å². The largest absolute Gasteiger partial charge is 0.351 e. The number of aryl methyl sites for hydroxylation is 1. The van der Waals surface area contributed by atoms with E-state index in [0.29, 0.717) is 23.0 Å². The molecular weight excluding hydrogens is 410 g/mol. The molecule has 0 bridgehead atoms. The third kappa shape index (κ3) is 5.34. The third-order valence-electron chi connectivity index (χ3n) is 5.66. The Bertz CT molecular complexity index is 998. The van der Waals surface area contributed by atoms with Gasteiger partial charge in [-0.25, -0.2) is 4.68 Å². The lowest BCUT2D eigenvalue weighted by molar-refractivity contribution is 0.0933. The number of para-hydroxylation sites is 1. The van der Waals surface area contributed by atoms with Gasteiger partial charge in [0.05, 0.1) is 16.9 Å². The molecule has 2 heterocycles. The van der Waals surface area contributed by atoms with E-state index in [-0.39, 0.29) is 5.91 Å². The number of benzene rings is 2. The van der Waals surface area contributed by atoms with Crippen LogP contribution in [0.5, 0.6) is 0 Å². The topological polar surface area (TPSA) is 53.4 Å². The summed E-state index contributed by atoms with van der Waals surface area (Å²) in [6.07, 6.45) is 0. The third-order valence-corrected chi connectivity index (χ3v) is 6.01. The minimum Gasteiger partial charge on any atom is -0.351 e. The summed E-state index contributed by atoms with van der Waals surface area (Å²) in [4.78, 5) is 17.6. The van der Waals surface area contributed by atoms with Crippen LogP contribution in [0, 0.1) is 6.92 Å². The van der Waals surface area contributed by atoms with Gasteiger partial charge < -0.3 is 5.32 Å². The van der Waals surface area contributed by atoms with Gasteiger partial charge in [0.2, 0.25) is 0 Å². The van der Waals surface area contributed by atoms with E-state index in [9.17, 15) is 4.79 Å². The van der Waals surface area contributed by atoms with Crippen molar-refractivity contribution in [3.63, 3.8) is 0 Å². The summed E-state index contributed by atoms with van der Waals surface area (Å²) in [5.41, 5.74) is 3.26. The standard InChI is InChI=1S/C24H28ClN5O/c1-19-22(23(25)30(27-19)21-10-6-3-7-11-21)24(31)26-12-13-28-14-16-29(17-15-28)18-20-8-4-2-5-9-20/h2-11H,12-18H2,1H3,(H,26,31). The fourth-order valence-electron chi connectivity index (χ4n) is 3.93. The highest BCUT2D eigenvalue weighted by Crippen LogP contribution is 2.23. The van der Waals surface area contributed by atoms with Crippen molar-refractivity contribution >= 4 is 17.5 Å². The maximum absolute atomic E-state index is 12.8. The second kappa shape index (κ2) is 10.1. The summed E-state index contributed by atoms with van der Waals surface area (Å²) in [5.74, 6) is -0.174. The van der Waals surface area contributed by atoms with E-state index < -0.39 is 0 Å². The molecular formula is C24H28ClN5O. The molecule has 1 aliphatic rings. The van der Waals surface area contributed by atoms with E-state index >= 15 is 0 Å². The lowest BCUT2D eigenvalue weighted by Crippen LogP contribution is -2.48. The fraction of sp³-hybridized carbons (Fsp3) is 0.333. The number of nitrogens with one attached hydrogen (secondary N) is 1. The molecule has 0 aliphatic carbocycles. The summed E-state index contributed by atoms with van der Waals surface area (Å²) in [5, 5.41) is 7.81. The number of halogens is 1. The van der Waals surface area contributed by atoms with Gasteiger partial charge >= 0.3 is 0 Å². The van der Waals surface area contributed by atoms with Gasteiger partial charge in [0.1, 0.15) is 5.15 Å². The maximum Gasteiger partial charge on any atom is 0.256 e. The van der Waals surface area contributed by atoms with Crippen LogP contribution < -0.4 is 5.32 Å². The van der Waals surface area contributed by atoms with Gasteiger partial charge in [0, 0.05) is 45.8 Å². The van der Waals surface area contributed by atoms with Crippen molar-refractivity contribution in [2.45, 2.75) is 13.5 Å². The van der Waals surface area contributed by atoms with Crippen molar-refractivity contribution in [3.05, 3.63) is 82.6 Å². The van der Waals surface area contributed by atoms with Crippen LogP contribution in [-0.4, -0.2) is 64.8 Å². The van der Waals surface area contributed by atoms with Crippen LogP contribution in [0.2, 0.25) is 5.15 Å². The number of carbonyl (C=O) groups excluding carboxylic acids is 1. The second-order valence-electron chi connectivity index (χ2n) is 7.86. The summed E-state index contributed by atoms with van der Waals surface area (Å²) in [7, 11) is 0. The summed E-state index contributed by atoms with van der Waals surface area (Å²) < 4.78 is 1.61. The van der Waals surface area contributed by atoms with Crippen molar-refractivity contribution in [1.29, 1.82) is 0 Å². The molecule has 162 valence electrons. The smallest absolute Gasteiger partial charge is 0.256 e. The SMILES string of the molecule is Cc1nn(-c2ccccc2)c(Cl)c1C(=O)NCCN1CCN(Cc2ccccc2)CC1. The van der Waals surface area contributed by atoms with Gasteiger partial charge in [0.25, 0.3) is 5.91 Å². The van der Waals surface area contributed by atoms with E-state index in [1.807, 2.05) is 37.3 Å². The van der Waals surface area contributed by atoms with E-state index in [0.717, 1.165) is 45.0 Å². The van der Waals surface area contributed by atoms with Crippen LogP contribution in [-0.2, 0) is 6.54 Å². The molecule has 31 heavy (non-hydrogen) atoms. The molecule has 4 rings (SSSR count). The lowest BCUT2D eigenvalue weighted by Gasteiger charge is -2.34. The molecule has 6 nitrogen and oxygen atoms in total. The number of amides is 1. The molecule has 0 spiro atoms. The van der Waals surface area contributed by atoms with Crippen molar-refractivity contribution in [3.8, 4) is 5.69 Å². The Labute approximate surface area is 188 Å². The first-order valence-corrected chi connectivity index (χ1v) is 11.1. The minimum atomic E-state index is -0.174. The van der Waals surface area contributed by atoms with Crippen LogP contribution >= 0.6 is 11.6 Å². The highest BCUT2D eigenvalue weighted by molar-refractivity contribution is 6.33. The van der Waals surface area contributed by atoms with E-state index in [1.165, 1.54) is 5.56 Å². The number of nitrogens with zero attached hydrogens (tertiary/aromatic N) is 4. The lowest BCUT2D eigenvalue weighted by atomic mass is 10.2. The Morgan fingerprint density at radius 1 is 0.968 bits per heavy atom. The van der Waals surface area contributed by atoms with Gasteiger partial charge in [-0.05, 0) is 24.6 Å². The van der Waals surface area contributed by atoms with Crippen LogP contribution in [0.25, 0.3) is 5.69 Å². The number of hydrogen-bond donors (Lipinski definition) is 1. The molecule has 7 heteroatoms. The number of hydrogen-bond acceptors (Lipinski definition) is 4. The first-order valence-electron chi connectivity index (χ1n) is 10.7. The van der Waals surface area contributed by atoms with Crippen LogP contribution in [0.1, 0.15) is 21.6 Å². The van der Waals surface area contributed by atoms with Crippen LogP contribution in [0.15, 0.2) is 60.7 Å². The quantitative estimate of drug-likeness (QED) is 0.615. The number of aromatic nitrogens is 2. The Hall–Kier alpha value is -2.67. The van der Waals surface area contributed by atoms with Gasteiger partial charge in [-0.1, -0.05) is 60.1 Å². The molecule has 1 aromatic heterocycles. The average Bonchev–Trinajstić information content (AvgIpc) is 3.10. The normalized spacial score (nSPS) is 15.2. The molecule has 1 aliphatic heterocycles. The van der Waals surface area contributed by atoms with E-state index in [2.05, 4.69) is 50.5 Å². The highest BCUT2D eigenvalue weighted by Gasteiger charge is 2.22. The predicted octanol–water partition coefficient (Wildman–Crippen LogP) is 3.38. The molecule has 0 saturated carbocycles. The molecule has 1 saturated heterocycles. The van der Waals surface area contributed by atoms with Gasteiger partial charge in [-0.3, -0.25) is 14.6 Å². The van der Waals surface area contributed by atoms with Gasteiger partial charge in [-0.15, -0.1) is 0 Å². The molecule has 0 radical (unpaired) electrons. The Balaban J connectivity index is 1.25. The van der Waals surface area contributed by atoms with Crippen LogP contribution in [0.4, 0.5) is 0 Å². The van der Waals surface area contributed by atoms with Crippen LogP contribution in [0.3, 0.4) is 0 Å². The summed E-state index contributed by atoms with van der Waals surface area (Å²) in [6, 6.07) is 20.2. The Morgan fingerprint density at radius 3 is 2.26 bits per heavy atom. The zero-order valence-corrected chi connectivity index (χ0v) is 18.6. The summed E-state index contributed by atoms with van der Waals surface area (Å²) in [6.45, 7) is 8.32. The number of carbonyl (C=O) groups is 1. The molecule has 1 N–H and O–H groups in total. The van der Waals surface area contributed by atoms with Gasteiger partial charge in [-0.2, -0.15) is 5.10 Å². The number of piperazine rings is 1. The molecule has 1 fully saturated rings. The maximum atomic E-state index is 12.8. The van der Waals surface area contributed by atoms with E-state index in [4.69, 9.17) is 11.6 Å². The highest BCUT2D eigenvalue weighted by atomic mass is 35.5. The van der Waals surface area contributed by atoms with Gasteiger partial charge in [0.15, 0.2) is 0 Å². The molecule has 2 aromatic carbocycles. The van der Waals surface area contributed by atoms with Crippen molar-refractivity contribution in [1.82, 2.24) is 24.9 Å². The average molecular weight is 438 g/mol. The molecule has 0 atom stereocenters. The Kier molecular flexibility index (Phi) is 7.02. The van der Waals surface area contributed by atoms with Crippen molar-refractivity contribution < 1.29 is 4.79 Å². The monoisotopic (exact) mass is 437 g/mol.